The van der Waals surface area contributed by atoms with Crippen molar-refractivity contribution in [2.24, 2.45) is 0 Å². The van der Waals surface area contributed by atoms with Gasteiger partial charge in [-0.3, -0.25) is 0 Å². The molecule has 0 heterocycles. The molecule has 0 aliphatic heterocycles. The Labute approximate surface area is 296 Å². The van der Waals surface area contributed by atoms with Crippen LogP contribution in [-0.4, -0.2) is 87.0 Å². The fourth-order valence-corrected chi connectivity index (χ4v) is 31.9. The van der Waals surface area contributed by atoms with Gasteiger partial charge in [0.1, 0.15) is 0 Å². The fourth-order valence-electron chi connectivity index (χ4n) is 3.55. The van der Waals surface area contributed by atoms with Crippen molar-refractivity contribution in [2.75, 3.05) is 14.2 Å². The van der Waals surface area contributed by atoms with Crippen molar-refractivity contribution in [3.63, 3.8) is 0 Å². The van der Waals surface area contributed by atoms with Crippen molar-refractivity contribution >= 4 is 68.0 Å². The lowest BCUT2D eigenvalue weighted by Crippen LogP contribution is -2.60. The zero-order valence-electron chi connectivity index (χ0n) is 34.9. The summed E-state index contributed by atoms with van der Waals surface area (Å²) in [5.41, 5.74) is 0. The molecule has 0 fully saturated rings. The molecule has 0 aromatic rings. The first-order valence-electron chi connectivity index (χ1n) is 17.1. The lowest BCUT2D eigenvalue weighted by Gasteiger charge is -2.46. The Hall–Kier alpha value is 1.34. The minimum absolute atomic E-state index is 0.320. The maximum Gasteiger partial charge on any atom is 0.323 e. The van der Waals surface area contributed by atoms with Crippen LogP contribution in [0.15, 0.2) is 0 Å². The van der Waals surface area contributed by atoms with Crippen LogP contribution >= 0.6 is 0 Å². The van der Waals surface area contributed by atoms with Gasteiger partial charge in [0.15, 0.2) is 16.6 Å². The molecule has 0 rings (SSSR count). The van der Waals surface area contributed by atoms with Crippen molar-refractivity contribution < 1.29 is 44.5 Å². The smallest absolute Gasteiger partial charge is 0.323 e. The van der Waals surface area contributed by atoms with Crippen LogP contribution in [0.1, 0.15) is 55.4 Å². The Morgan fingerprint density at radius 2 is 0.609 bits per heavy atom. The number of rotatable bonds is 16. The van der Waals surface area contributed by atoms with Crippen LogP contribution in [0.25, 0.3) is 0 Å². The van der Waals surface area contributed by atoms with E-state index < -0.39 is 68.0 Å². The highest BCUT2D eigenvalue weighted by Gasteiger charge is 2.39. The van der Waals surface area contributed by atoms with Gasteiger partial charge in [0.25, 0.3) is 0 Å². The molecule has 0 aromatic heterocycles. The molecule has 46 heavy (non-hydrogen) atoms. The van der Waals surface area contributed by atoms with Gasteiger partial charge in [0, 0.05) is 14.2 Å². The highest BCUT2D eigenvalue weighted by molar-refractivity contribution is 6.84. The third-order valence-electron chi connectivity index (χ3n) is 5.03. The average molecular weight is 803 g/mol. The van der Waals surface area contributed by atoms with Crippen LogP contribution in [0.5, 0.6) is 0 Å². The summed E-state index contributed by atoms with van der Waals surface area (Å²) in [5.74, 6) is 0. The summed E-state index contributed by atoms with van der Waals surface area (Å²) in [6.07, 6.45) is 0. The third kappa shape index (κ3) is 43.4. The molecular formula is C28H81O10Si8-3. The van der Waals surface area contributed by atoms with E-state index in [0.717, 1.165) is 0 Å². The molecule has 4 atom stereocenters. The van der Waals surface area contributed by atoms with Gasteiger partial charge in [-0.25, -0.2) is 0 Å². The Morgan fingerprint density at radius 1 is 0.391 bits per heavy atom. The standard InChI is InChI=1S/C10H29O6Si4.C10H28O4Si4.4C2H6/c1-13-17(3,4)15-19(7,11)9-10-20(8,12)16-18(5,6)14-2;1-15(2,3)13-17(7,11)9-10-18(8,12)14-16(4,5)6;4*1-2/h11H,9-10H2,1-8H3;9-10H2,1-8H3;4*1-2H3/q-1;-2;;;;. The molecule has 0 spiro atoms. The minimum atomic E-state index is -3.10. The Bertz CT molecular complexity index is 641. The summed E-state index contributed by atoms with van der Waals surface area (Å²) >= 11 is 0. The first kappa shape index (κ1) is 59.5. The van der Waals surface area contributed by atoms with Crippen LogP contribution in [0.3, 0.4) is 0 Å². The minimum Gasteiger partial charge on any atom is -0.839 e. The summed E-state index contributed by atoms with van der Waals surface area (Å²) in [4.78, 5) is 47.5. The van der Waals surface area contributed by atoms with E-state index in [4.69, 9.17) is 25.3 Å². The van der Waals surface area contributed by atoms with Crippen LogP contribution in [-0.2, 0) is 25.3 Å². The van der Waals surface area contributed by atoms with E-state index >= 15 is 0 Å². The molecule has 0 radical (unpaired) electrons. The summed E-state index contributed by atoms with van der Waals surface area (Å²) in [6, 6.07) is 1.45. The summed E-state index contributed by atoms with van der Waals surface area (Å²) in [5, 5.41) is 0. The van der Waals surface area contributed by atoms with Gasteiger partial charge in [-0.2, -0.15) is 0 Å². The van der Waals surface area contributed by atoms with Crippen LogP contribution in [0, 0.1) is 0 Å². The van der Waals surface area contributed by atoms with E-state index in [2.05, 4.69) is 0 Å². The van der Waals surface area contributed by atoms with Crippen molar-refractivity contribution in [1.29, 1.82) is 0 Å². The lowest BCUT2D eigenvalue weighted by atomic mass is 10.9. The quantitative estimate of drug-likeness (QED) is 0.164. The molecule has 0 saturated carbocycles. The third-order valence-corrected chi connectivity index (χ3v) is 28.4. The Kier molecular flexibility index (Phi) is 35.0. The molecule has 288 valence electrons. The first-order chi connectivity index (χ1) is 20.4. The maximum atomic E-state index is 12.5. The van der Waals surface area contributed by atoms with Gasteiger partial charge in [-0.15, -0.1) is 0 Å². The molecule has 4 unspecified atom stereocenters. The monoisotopic (exact) mass is 801 g/mol. The van der Waals surface area contributed by atoms with Gasteiger partial charge in [-0.1, -0.05) is 75.0 Å². The SMILES string of the molecule is CC.CC.CC.CC.CO[Si](C)(C)O[Si](C)([O-])CC[Si](C)(O)O[Si](C)(C)OC.C[Si](C)(C)O[Si](C)([O-])CC[Si](C)([O-])O[Si](C)(C)C. The largest absolute Gasteiger partial charge is 0.839 e. The van der Waals surface area contributed by atoms with Gasteiger partial charge in [-0.05, 0) is 96.2 Å². The van der Waals surface area contributed by atoms with E-state index in [1.807, 2.05) is 121 Å². The van der Waals surface area contributed by atoms with Gasteiger partial charge >= 0.3 is 25.7 Å². The molecule has 0 aliphatic carbocycles. The zero-order chi connectivity index (χ0) is 39.1. The second-order valence-electron chi connectivity index (χ2n) is 13.4. The topological polar surface area (TPSA) is 145 Å². The molecule has 10 nitrogen and oxygen atoms in total. The van der Waals surface area contributed by atoms with Crippen molar-refractivity contribution in [3.05, 3.63) is 0 Å². The Morgan fingerprint density at radius 3 is 0.848 bits per heavy atom. The fraction of sp³-hybridized carbons (Fsp3) is 1.00. The average Bonchev–Trinajstić information content (AvgIpc) is 2.88. The van der Waals surface area contributed by atoms with Gasteiger partial charge < -0.3 is 44.5 Å². The molecule has 0 bridgehead atoms. The molecule has 0 aliphatic rings. The molecule has 18 heteroatoms. The first-order valence-corrected chi connectivity index (χ1v) is 39.7. The van der Waals surface area contributed by atoms with Crippen molar-refractivity contribution in [3.8, 4) is 0 Å². The summed E-state index contributed by atoms with van der Waals surface area (Å²) in [7, 11) is -17.0. The van der Waals surface area contributed by atoms with Gasteiger partial charge in [0.05, 0.1) is 25.7 Å². The van der Waals surface area contributed by atoms with Crippen LogP contribution in [0.2, 0.25) is 116 Å². The Balaban J connectivity index is -0.000000143. The van der Waals surface area contributed by atoms with Crippen LogP contribution in [0.4, 0.5) is 0 Å². The predicted octanol–water partition coefficient (Wildman–Crippen LogP) is 6.87. The lowest BCUT2D eigenvalue weighted by molar-refractivity contribution is -0.236. The summed E-state index contributed by atoms with van der Waals surface area (Å²) in [6.45, 7) is 42.2. The normalized spacial score (nSPS) is 17.0. The molecular weight excluding hydrogens is 721 g/mol. The van der Waals surface area contributed by atoms with E-state index in [0.29, 0.717) is 24.2 Å². The zero-order valence-corrected chi connectivity index (χ0v) is 42.9. The number of hydrogen-bond acceptors (Lipinski definition) is 10. The second-order valence-corrected chi connectivity index (χ2v) is 42.7. The highest BCUT2D eigenvalue weighted by Crippen LogP contribution is 2.24. The number of hydrogen-bond donors (Lipinski definition) is 1. The molecule has 0 saturated heterocycles. The molecule has 0 amide bonds. The predicted molar refractivity (Wildman–Crippen MR) is 213 cm³/mol. The van der Waals surface area contributed by atoms with Crippen molar-refractivity contribution in [1.82, 2.24) is 0 Å². The van der Waals surface area contributed by atoms with Crippen LogP contribution < -0.4 is 14.4 Å². The maximum absolute atomic E-state index is 12.5. The van der Waals surface area contributed by atoms with Gasteiger partial charge in [0.2, 0.25) is 0 Å². The highest BCUT2D eigenvalue weighted by atomic mass is 28.5. The van der Waals surface area contributed by atoms with E-state index in [1.165, 1.54) is 0 Å². The van der Waals surface area contributed by atoms with E-state index in [9.17, 15) is 19.2 Å². The second kappa shape index (κ2) is 27.0. The van der Waals surface area contributed by atoms with Crippen molar-refractivity contribution in [2.45, 2.75) is 171 Å². The van der Waals surface area contributed by atoms with E-state index in [1.54, 1.807) is 40.4 Å². The van der Waals surface area contributed by atoms with E-state index in [-0.39, 0.29) is 0 Å². The summed E-state index contributed by atoms with van der Waals surface area (Å²) < 4.78 is 33.4. The molecule has 1 N–H and O–H groups in total. The molecule has 0 aromatic carbocycles.